The molecule has 1 aromatic carbocycles. The third kappa shape index (κ3) is 4.28. The second kappa shape index (κ2) is 7.21. The van der Waals surface area contributed by atoms with Crippen molar-refractivity contribution in [2.75, 3.05) is 6.54 Å². The molecule has 1 N–H and O–H groups in total. The van der Waals surface area contributed by atoms with Crippen molar-refractivity contribution < 1.29 is 6.22 Å². The van der Waals surface area contributed by atoms with E-state index in [2.05, 4.69) is 43.2 Å². The molecular formula is C18H26N2O. The number of amides is 1. The molecule has 3 heteroatoms. The van der Waals surface area contributed by atoms with Crippen molar-refractivity contribution in [3.8, 4) is 0 Å². The highest BCUT2D eigenvalue weighted by atomic mass is 16.1. The number of nitrogens with one attached hydrogen (secondary N) is 1. The van der Waals surface area contributed by atoms with Crippen LogP contribution >= 0.6 is 0 Å². The minimum atomic E-state index is -0.00314. The number of hydrogen-bond acceptors (Lipinski definition) is 2. The van der Waals surface area contributed by atoms with E-state index >= 15 is 0 Å². The summed E-state index contributed by atoms with van der Waals surface area (Å²) in [4.78, 5) is 16.7. The van der Waals surface area contributed by atoms with Crippen LogP contribution in [0.5, 0.6) is 0 Å². The van der Waals surface area contributed by atoms with Crippen molar-refractivity contribution in [1.82, 2.24) is 10.3 Å². The molecule has 2 aromatic rings. The van der Waals surface area contributed by atoms with E-state index in [4.69, 9.17) is 0 Å². The van der Waals surface area contributed by atoms with Crippen LogP contribution in [0.1, 0.15) is 51.1 Å². The Bertz CT molecular complexity index is 626. The summed E-state index contributed by atoms with van der Waals surface area (Å²) >= 11 is 0. The normalized spacial score (nSPS) is 11.0. The standard InChI is InChI=1S/C18H24N2O.H2/c1-4-5-10-19-18(21)15-7-9-17-14(12-15)6-8-16(20-17)11-13(2)3;/h6-9,12-13H,4-5,10-11H2,1-3H3,(H,19,21);1H. The average Bonchev–Trinajstić information content (AvgIpc) is 2.46. The Morgan fingerprint density at radius 3 is 2.81 bits per heavy atom. The monoisotopic (exact) mass is 286 g/mol. The van der Waals surface area contributed by atoms with Gasteiger partial charge in [-0.05, 0) is 43.0 Å². The lowest BCUT2D eigenvalue weighted by atomic mass is 10.1. The van der Waals surface area contributed by atoms with Gasteiger partial charge in [0.25, 0.3) is 5.91 Å². The Morgan fingerprint density at radius 1 is 1.29 bits per heavy atom. The Labute approximate surface area is 128 Å². The Kier molecular flexibility index (Phi) is 5.32. The molecule has 1 heterocycles. The van der Waals surface area contributed by atoms with E-state index in [1.165, 1.54) is 0 Å². The fraction of sp³-hybridized carbons (Fsp3) is 0.444. The molecule has 114 valence electrons. The summed E-state index contributed by atoms with van der Waals surface area (Å²) in [7, 11) is 0. The zero-order chi connectivity index (χ0) is 15.2. The minimum Gasteiger partial charge on any atom is -0.352 e. The van der Waals surface area contributed by atoms with Crippen LogP contribution in [0.4, 0.5) is 0 Å². The third-order valence-corrected chi connectivity index (χ3v) is 3.44. The number of benzene rings is 1. The van der Waals surface area contributed by atoms with Gasteiger partial charge in [0.05, 0.1) is 5.52 Å². The summed E-state index contributed by atoms with van der Waals surface area (Å²) in [5, 5.41) is 3.96. The summed E-state index contributed by atoms with van der Waals surface area (Å²) in [6.07, 6.45) is 3.08. The van der Waals surface area contributed by atoms with E-state index in [1.807, 2.05) is 18.2 Å². The van der Waals surface area contributed by atoms with Crippen molar-refractivity contribution in [3.05, 3.63) is 41.6 Å². The van der Waals surface area contributed by atoms with Crippen LogP contribution in [-0.4, -0.2) is 17.4 Å². The number of carbonyl (C=O) groups is 1. The van der Waals surface area contributed by atoms with E-state index in [1.54, 1.807) is 0 Å². The molecule has 0 fully saturated rings. The van der Waals surface area contributed by atoms with Crippen molar-refractivity contribution in [3.63, 3.8) is 0 Å². The number of fused-ring (bicyclic) bond motifs is 1. The van der Waals surface area contributed by atoms with Gasteiger partial charge < -0.3 is 5.32 Å². The van der Waals surface area contributed by atoms with Gasteiger partial charge in [-0.25, -0.2) is 0 Å². The number of rotatable bonds is 6. The molecule has 0 atom stereocenters. The topological polar surface area (TPSA) is 42.0 Å². The molecule has 2 rings (SSSR count). The van der Waals surface area contributed by atoms with Gasteiger partial charge in [-0.2, -0.15) is 0 Å². The lowest BCUT2D eigenvalue weighted by Gasteiger charge is -2.08. The highest BCUT2D eigenvalue weighted by Crippen LogP contribution is 2.16. The van der Waals surface area contributed by atoms with Gasteiger partial charge in [0.2, 0.25) is 0 Å². The molecule has 0 spiro atoms. The molecule has 0 bridgehead atoms. The molecule has 0 aliphatic carbocycles. The second-order valence-corrected chi connectivity index (χ2v) is 5.92. The fourth-order valence-electron chi connectivity index (χ4n) is 2.32. The van der Waals surface area contributed by atoms with Crippen LogP contribution in [0.3, 0.4) is 0 Å². The van der Waals surface area contributed by atoms with Crippen LogP contribution in [-0.2, 0) is 6.42 Å². The number of hydrogen-bond donors (Lipinski definition) is 1. The van der Waals surface area contributed by atoms with Gasteiger partial charge in [0.15, 0.2) is 0 Å². The van der Waals surface area contributed by atoms with Crippen molar-refractivity contribution in [1.29, 1.82) is 0 Å². The predicted octanol–water partition coefficient (Wildman–Crippen LogP) is 4.21. The van der Waals surface area contributed by atoms with E-state index < -0.39 is 0 Å². The van der Waals surface area contributed by atoms with E-state index in [-0.39, 0.29) is 7.33 Å². The van der Waals surface area contributed by atoms with Gasteiger partial charge in [-0.3, -0.25) is 9.78 Å². The van der Waals surface area contributed by atoms with E-state index in [0.29, 0.717) is 11.5 Å². The van der Waals surface area contributed by atoms with Crippen molar-refractivity contribution >= 4 is 16.8 Å². The quantitative estimate of drug-likeness (QED) is 0.808. The first kappa shape index (κ1) is 15.5. The molecule has 0 aliphatic rings. The van der Waals surface area contributed by atoms with Gasteiger partial charge in [0, 0.05) is 24.6 Å². The molecule has 0 radical (unpaired) electrons. The largest absolute Gasteiger partial charge is 0.352 e. The first-order valence-electron chi connectivity index (χ1n) is 7.78. The van der Waals surface area contributed by atoms with Gasteiger partial charge in [0.1, 0.15) is 0 Å². The average molecular weight is 286 g/mol. The molecular weight excluding hydrogens is 260 g/mol. The number of nitrogens with zero attached hydrogens (tertiary/aromatic N) is 1. The lowest BCUT2D eigenvalue weighted by Crippen LogP contribution is -2.24. The molecule has 0 aliphatic heterocycles. The van der Waals surface area contributed by atoms with Gasteiger partial charge >= 0.3 is 0 Å². The second-order valence-electron chi connectivity index (χ2n) is 5.92. The Hall–Kier alpha value is -1.90. The highest BCUT2D eigenvalue weighted by molar-refractivity contribution is 5.97. The van der Waals surface area contributed by atoms with Crippen LogP contribution in [0.15, 0.2) is 30.3 Å². The number of carbonyl (C=O) groups excluding carboxylic acids is 1. The number of unbranched alkanes of at least 4 members (excludes halogenated alkanes) is 1. The molecule has 1 amide bonds. The van der Waals surface area contributed by atoms with Crippen LogP contribution < -0.4 is 5.32 Å². The summed E-state index contributed by atoms with van der Waals surface area (Å²) in [5.74, 6) is 0.593. The first-order chi connectivity index (χ1) is 10.1. The minimum absolute atomic E-state index is 0. The van der Waals surface area contributed by atoms with Crippen LogP contribution in [0, 0.1) is 5.92 Å². The molecule has 0 unspecified atom stereocenters. The maximum Gasteiger partial charge on any atom is 0.251 e. The smallest absolute Gasteiger partial charge is 0.251 e. The van der Waals surface area contributed by atoms with E-state index in [0.717, 1.165) is 42.4 Å². The lowest BCUT2D eigenvalue weighted by molar-refractivity contribution is 0.0953. The van der Waals surface area contributed by atoms with Gasteiger partial charge in [-0.15, -0.1) is 0 Å². The Morgan fingerprint density at radius 2 is 2.10 bits per heavy atom. The number of pyridine rings is 1. The molecule has 1 aromatic heterocycles. The Balaban J connectivity index is 0.00000242. The first-order valence-corrected chi connectivity index (χ1v) is 7.78. The summed E-state index contributed by atoms with van der Waals surface area (Å²) < 4.78 is 0. The van der Waals surface area contributed by atoms with Crippen LogP contribution in [0.2, 0.25) is 0 Å². The maximum atomic E-state index is 12.0. The summed E-state index contributed by atoms with van der Waals surface area (Å²) in [6.45, 7) is 7.23. The van der Waals surface area contributed by atoms with Crippen LogP contribution in [0.25, 0.3) is 10.9 Å². The zero-order valence-electron chi connectivity index (χ0n) is 13.1. The summed E-state index contributed by atoms with van der Waals surface area (Å²) in [6, 6.07) is 9.83. The van der Waals surface area contributed by atoms with Crippen molar-refractivity contribution in [2.45, 2.75) is 40.0 Å². The maximum absolute atomic E-state index is 12.0. The summed E-state index contributed by atoms with van der Waals surface area (Å²) in [5.41, 5.74) is 2.77. The highest BCUT2D eigenvalue weighted by Gasteiger charge is 2.07. The molecule has 3 nitrogen and oxygen atoms in total. The molecule has 0 saturated heterocycles. The number of aromatic nitrogens is 1. The molecule has 0 saturated carbocycles. The van der Waals surface area contributed by atoms with Crippen molar-refractivity contribution in [2.24, 2.45) is 5.92 Å². The van der Waals surface area contributed by atoms with E-state index in [9.17, 15) is 4.79 Å². The predicted molar refractivity (Wildman–Crippen MR) is 89.6 cm³/mol. The zero-order valence-corrected chi connectivity index (χ0v) is 13.1. The SMILES string of the molecule is CCCCNC(=O)c1ccc2nc(CC(C)C)ccc2c1.[HH]. The van der Waals surface area contributed by atoms with Gasteiger partial charge in [-0.1, -0.05) is 33.3 Å². The fourth-order valence-corrected chi connectivity index (χ4v) is 2.32. The third-order valence-electron chi connectivity index (χ3n) is 3.44. The molecule has 21 heavy (non-hydrogen) atoms.